The molecule has 0 unspecified atom stereocenters. The average Bonchev–Trinajstić information content (AvgIpc) is 3.30. The van der Waals surface area contributed by atoms with Crippen LogP contribution in [0.4, 0.5) is 52.7 Å². The standard InChI is InChI=1S/C49H54F12NO2/c1-26(27-14-12-11-13-15-27)62(8)24-36-34(22-38(44(2,3)4)42(63-9)40(36)28-16-30(46(50,51)52)20-31(17-28)47(53,54)55)35-23-39(45(5,6)7)43(64-10)41(37(35)25-62)29-18-32(48(56,57)58)21-33(19-29)49(59,60)61/h16-23,26-27H,11-15,24-25H2,1-10H3/q+1/t26-/m0/s1. The molecule has 350 valence electrons. The fourth-order valence-corrected chi connectivity index (χ4v) is 9.76. The van der Waals surface area contributed by atoms with Gasteiger partial charge in [0.1, 0.15) is 24.6 Å². The van der Waals surface area contributed by atoms with Crippen LogP contribution in [0, 0.1) is 5.92 Å². The third-order valence-corrected chi connectivity index (χ3v) is 13.2. The highest BCUT2D eigenvalue weighted by molar-refractivity contribution is 5.91. The van der Waals surface area contributed by atoms with Gasteiger partial charge in [-0.1, -0.05) is 60.8 Å². The van der Waals surface area contributed by atoms with Crippen molar-refractivity contribution in [2.24, 2.45) is 5.92 Å². The Morgan fingerprint density at radius 2 is 0.812 bits per heavy atom. The summed E-state index contributed by atoms with van der Waals surface area (Å²) < 4.78 is 188. The molecule has 0 aromatic heterocycles. The third kappa shape index (κ3) is 9.47. The summed E-state index contributed by atoms with van der Waals surface area (Å²) >= 11 is 0. The number of benzene rings is 4. The minimum Gasteiger partial charge on any atom is -0.496 e. The summed E-state index contributed by atoms with van der Waals surface area (Å²) in [5.41, 5.74) is -6.69. The zero-order valence-electron chi connectivity index (χ0n) is 37.5. The number of hydrogen-bond donors (Lipinski definition) is 0. The topological polar surface area (TPSA) is 18.5 Å². The molecule has 6 rings (SSSR count). The lowest BCUT2D eigenvalue weighted by Gasteiger charge is -2.45. The number of nitrogens with zero attached hydrogens (tertiary/aromatic N) is 1. The second-order valence-electron chi connectivity index (χ2n) is 19.7. The molecule has 0 amide bonds. The normalized spacial score (nSPS) is 17.1. The van der Waals surface area contributed by atoms with Crippen molar-refractivity contribution < 1.29 is 66.6 Å². The van der Waals surface area contributed by atoms with Crippen molar-refractivity contribution in [2.75, 3.05) is 21.3 Å². The van der Waals surface area contributed by atoms with Crippen LogP contribution in [-0.2, 0) is 48.6 Å². The monoisotopic (exact) mass is 916 g/mol. The SMILES string of the molecule is COc1c(C(C)(C)C)cc2c(c1-c1cc(C(F)(F)F)cc(C(F)(F)F)c1)C[N+](C)([C@@H](C)C1CCCCC1)Cc1c-2cc(C(C)(C)C)c(OC)c1-c1cc(C(F)(F)F)cc(C(F)(F)F)c1. The zero-order chi connectivity index (χ0) is 47.9. The van der Waals surface area contributed by atoms with Gasteiger partial charge in [-0.3, -0.25) is 0 Å². The van der Waals surface area contributed by atoms with E-state index in [4.69, 9.17) is 9.47 Å². The van der Waals surface area contributed by atoms with Gasteiger partial charge in [0.05, 0.1) is 49.6 Å². The van der Waals surface area contributed by atoms with Crippen LogP contribution in [0.2, 0.25) is 0 Å². The Balaban J connectivity index is 1.92. The van der Waals surface area contributed by atoms with Gasteiger partial charge in [0.25, 0.3) is 0 Å². The first kappa shape index (κ1) is 49.0. The van der Waals surface area contributed by atoms with Crippen LogP contribution in [0.15, 0.2) is 48.5 Å². The molecule has 0 radical (unpaired) electrons. The summed E-state index contributed by atoms with van der Waals surface area (Å²) in [5.74, 6) is 0.144. The van der Waals surface area contributed by atoms with Crippen molar-refractivity contribution in [3.63, 3.8) is 0 Å². The van der Waals surface area contributed by atoms with E-state index >= 15 is 0 Å². The Hall–Kier alpha value is -4.40. The smallest absolute Gasteiger partial charge is 0.416 e. The largest absolute Gasteiger partial charge is 0.496 e. The second kappa shape index (κ2) is 16.5. The van der Waals surface area contributed by atoms with E-state index in [2.05, 4.69) is 0 Å². The molecule has 3 nitrogen and oxygen atoms in total. The first-order valence-corrected chi connectivity index (χ1v) is 21.1. The van der Waals surface area contributed by atoms with Gasteiger partial charge in [0.2, 0.25) is 0 Å². The maximum atomic E-state index is 14.6. The van der Waals surface area contributed by atoms with E-state index in [1.54, 1.807) is 53.7 Å². The van der Waals surface area contributed by atoms with Crippen LogP contribution in [0.25, 0.3) is 33.4 Å². The molecule has 4 aromatic rings. The summed E-state index contributed by atoms with van der Waals surface area (Å²) in [4.78, 5) is 0. The Labute approximate surface area is 366 Å². The van der Waals surface area contributed by atoms with Crippen LogP contribution in [-0.4, -0.2) is 31.8 Å². The predicted molar refractivity (Wildman–Crippen MR) is 223 cm³/mol. The molecule has 0 spiro atoms. The van der Waals surface area contributed by atoms with E-state index in [-0.39, 0.29) is 64.3 Å². The number of quaternary nitrogens is 1. The Kier molecular flexibility index (Phi) is 12.6. The fourth-order valence-electron chi connectivity index (χ4n) is 9.76. The molecule has 1 saturated carbocycles. The highest BCUT2D eigenvalue weighted by atomic mass is 19.4. The summed E-state index contributed by atoms with van der Waals surface area (Å²) in [6, 6.07) is 6.02. The van der Waals surface area contributed by atoms with Gasteiger partial charge in [-0.15, -0.1) is 0 Å². The molecule has 0 saturated heterocycles. The highest BCUT2D eigenvalue weighted by Gasteiger charge is 2.46. The first-order valence-electron chi connectivity index (χ1n) is 21.1. The minimum absolute atomic E-state index is 0.0155. The Bertz CT molecular complexity index is 2190. The van der Waals surface area contributed by atoms with Gasteiger partial charge in [-0.05, 0) is 101 Å². The van der Waals surface area contributed by atoms with E-state index in [9.17, 15) is 52.7 Å². The number of fused-ring (bicyclic) bond motifs is 3. The van der Waals surface area contributed by atoms with E-state index in [0.29, 0.717) is 57.6 Å². The van der Waals surface area contributed by atoms with E-state index in [1.165, 1.54) is 14.2 Å². The molecule has 4 aromatic carbocycles. The molecule has 1 aliphatic heterocycles. The zero-order valence-corrected chi connectivity index (χ0v) is 37.5. The van der Waals surface area contributed by atoms with Gasteiger partial charge in [-0.25, -0.2) is 0 Å². The average molecular weight is 917 g/mol. The summed E-state index contributed by atoms with van der Waals surface area (Å²) in [6.07, 6.45) is -16.4. The summed E-state index contributed by atoms with van der Waals surface area (Å²) in [7, 11) is 4.45. The van der Waals surface area contributed by atoms with Crippen molar-refractivity contribution >= 4 is 0 Å². The maximum Gasteiger partial charge on any atom is 0.416 e. The Morgan fingerprint density at radius 3 is 1.08 bits per heavy atom. The minimum atomic E-state index is -5.19. The highest BCUT2D eigenvalue weighted by Crippen LogP contribution is 2.56. The predicted octanol–water partition coefficient (Wildman–Crippen LogP) is 15.8. The molecule has 1 heterocycles. The molecular weight excluding hydrogens is 863 g/mol. The number of ether oxygens (including phenoxy) is 2. The van der Waals surface area contributed by atoms with Crippen LogP contribution in [0.1, 0.15) is 125 Å². The van der Waals surface area contributed by atoms with Gasteiger partial charge in [-0.2, -0.15) is 52.7 Å². The third-order valence-electron chi connectivity index (χ3n) is 13.2. The van der Waals surface area contributed by atoms with Crippen molar-refractivity contribution in [1.82, 2.24) is 0 Å². The molecule has 15 heteroatoms. The van der Waals surface area contributed by atoms with Crippen LogP contribution >= 0.6 is 0 Å². The van der Waals surface area contributed by atoms with Crippen LogP contribution in [0.3, 0.4) is 0 Å². The molecule has 0 bridgehead atoms. The first-order chi connectivity index (χ1) is 29.2. The molecule has 1 atom stereocenters. The second-order valence-corrected chi connectivity index (χ2v) is 19.7. The molecule has 1 fully saturated rings. The van der Waals surface area contributed by atoms with Crippen molar-refractivity contribution in [1.29, 1.82) is 0 Å². The van der Waals surface area contributed by atoms with Gasteiger partial charge >= 0.3 is 24.7 Å². The van der Waals surface area contributed by atoms with Crippen molar-refractivity contribution in [3.8, 4) is 44.9 Å². The van der Waals surface area contributed by atoms with E-state index < -0.39 is 68.9 Å². The van der Waals surface area contributed by atoms with E-state index in [1.807, 2.05) is 14.0 Å². The number of rotatable bonds is 6. The number of alkyl halides is 12. The lowest BCUT2D eigenvalue weighted by molar-refractivity contribution is -0.960. The molecule has 0 N–H and O–H groups in total. The van der Waals surface area contributed by atoms with Gasteiger partial charge in [0.15, 0.2) is 0 Å². The maximum absolute atomic E-state index is 14.6. The summed E-state index contributed by atoms with van der Waals surface area (Å²) in [6.45, 7) is 12.7. The molecular formula is C49H54F12NO2+. The molecule has 1 aliphatic carbocycles. The fraction of sp³-hybridized carbons (Fsp3) is 0.510. The van der Waals surface area contributed by atoms with E-state index in [0.717, 1.165) is 32.1 Å². The number of hydrogen-bond acceptors (Lipinski definition) is 2. The van der Waals surface area contributed by atoms with Gasteiger partial charge < -0.3 is 14.0 Å². The number of methoxy groups -OCH3 is 2. The number of halogens is 12. The molecule has 2 aliphatic rings. The quantitative estimate of drug-likeness (QED) is 0.142. The Morgan fingerprint density at radius 1 is 0.500 bits per heavy atom. The molecule has 64 heavy (non-hydrogen) atoms. The van der Waals surface area contributed by atoms with Crippen molar-refractivity contribution in [3.05, 3.63) is 93.0 Å². The van der Waals surface area contributed by atoms with Crippen LogP contribution < -0.4 is 9.47 Å². The lowest BCUT2D eigenvalue weighted by atomic mass is 9.76. The van der Waals surface area contributed by atoms with Crippen LogP contribution in [0.5, 0.6) is 11.5 Å². The lowest BCUT2D eigenvalue weighted by Crippen LogP contribution is -2.52. The van der Waals surface area contributed by atoms with Gasteiger partial charge in [0, 0.05) is 39.3 Å². The van der Waals surface area contributed by atoms with Crippen molar-refractivity contribution in [2.45, 2.75) is 135 Å². The summed E-state index contributed by atoms with van der Waals surface area (Å²) in [5, 5.41) is 0.